The third-order valence-corrected chi connectivity index (χ3v) is 4.24. The average Bonchev–Trinajstić information content (AvgIpc) is 2.57. The van der Waals surface area contributed by atoms with Crippen LogP contribution in [0.15, 0.2) is 42.5 Å². The van der Waals surface area contributed by atoms with Crippen LogP contribution in [0.3, 0.4) is 0 Å². The van der Waals surface area contributed by atoms with E-state index in [1.165, 1.54) is 12.1 Å². The van der Waals surface area contributed by atoms with Gasteiger partial charge in [-0.25, -0.2) is 0 Å². The van der Waals surface area contributed by atoms with Crippen molar-refractivity contribution in [2.45, 2.75) is 32.2 Å². The molecule has 0 aliphatic rings. The molecule has 0 aliphatic heterocycles. The summed E-state index contributed by atoms with van der Waals surface area (Å²) < 4.78 is 37.7. The standard InChI is InChI=1S/C19H20F3NO3.K/c1-11-3-4-14(9-12(11)2)17(18(25)26)23-10-16(24)13-5-7-15(8-6-13)19(20,21)22;/h3-9,16-17,23-24H,10H2,1-2H3,(H,25,26);/q;+1/p-1/t16-,17?;/m0./s1. The zero-order chi connectivity index (χ0) is 19.5. The van der Waals surface area contributed by atoms with Crippen LogP contribution in [0.4, 0.5) is 13.2 Å². The fourth-order valence-corrected chi connectivity index (χ4v) is 2.52. The molecule has 4 nitrogen and oxygen atoms in total. The van der Waals surface area contributed by atoms with Gasteiger partial charge in [0.2, 0.25) is 0 Å². The van der Waals surface area contributed by atoms with E-state index in [1.807, 2.05) is 13.8 Å². The van der Waals surface area contributed by atoms with Crippen molar-refractivity contribution in [1.82, 2.24) is 5.32 Å². The van der Waals surface area contributed by atoms with Crippen LogP contribution in [0.2, 0.25) is 0 Å². The van der Waals surface area contributed by atoms with Crippen LogP contribution in [0.1, 0.15) is 40.0 Å². The summed E-state index contributed by atoms with van der Waals surface area (Å²) in [6, 6.07) is 8.09. The molecule has 0 saturated heterocycles. The third kappa shape index (κ3) is 6.67. The van der Waals surface area contributed by atoms with Crippen molar-refractivity contribution >= 4 is 5.97 Å². The van der Waals surface area contributed by atoms with Gasteiger partial charge in [-0.15, -0.1) is 0 Å². The van der Waals surface area contributed by atoms with Crippen LogP contribution in [0, 0.1) is 13.8 Å². The number of aliphatic hydroxyl groups excluding tert-OH is 1. The molecule has 0 aliphatic carbocycles. The zero-order valence-electron chi connectivity index (χ0n) is 15.3. The predicted octanol–water partition coefficient (Wildman–Crippen LogP) is -0.560. The van der Waals surface area contributed by atoms with Crippen molar-refractivity contribution in [3.05, 3.63) is 70.3 Å². The molecule has 0 heterocycles. The van der Waals surface area contributed by atoms with Crippen molar-refractivity contribution in [1.29, 1.82) is 0 Å². The van der Waals surface area contributed by atoms with E-state index < -0.39 is 29.9 Å². The van der Waals surface area contributed by atoms with Crippen molar-refractivity contribution in [2.24, 2.45) is 0 Å². The first kappa shape index (κ1) is 24.3. The van der Waals surface area contributed by atoms with E-state index in [9.17, 15) is 28.2 Å². The van der Waals surface area contributed by atoms with Gasteiger partial charge in [-0.1, -0.05) is 30.3 Å². The molecule has 2 aromatic carbocycles. The summed E-state index contributed by atoms with van der Waals surface area (Å²) in [5.74, 6) is -1.35. The van der Waals surface area contributed by atoms with Gasteiger partial charge in [-0.3, -0.25) is 0 Å². The van der Waals surface area contributed by atoms with Gasteiger partial charge in [-0.05, 0) is 48.2 Å². The maximum atomic E-state index is 12.6. The summed E-state index contributed by atoms with van der Waals surface area (Å²) >= 11 is 0. The zero-order valence-corrected chi connectivity index (χ0v) is 18.4. The number of carboxylic acid groups (broad SMARTS) is 1. The number of aliphatic hydroxyl groups is 1. The fraction of sp³-hybridized carbons (Fsp3) is 0.316. The van der Waals surface area contributed by atoms with Crippen LogP contribution in [-0.4, -0.2) is 17.6 Å². The summed E-state index contributed by atoms with van der Waals surface area (Å²) in [4.78, 5) is 11.4. The minimum Gasteiger partial charge on any atom is -0.548 e. The molecule has 0 fully saturated rings. The fourth-order valence-electron chi connectivity index (χ4n) is 2.52. The normalized spacial score (nSPS) is 13.6. The quantitative estimate of drug-likeness (QED) is 0.632. The van der Waals surface area contributed by atoms with Crippen molar-refractivity contribution < 1.29 is 79.6 Å². The number of rotatable bonds is 6. The van der Waals surface area contributed by atoms with Crippen molar-refractivity contribution in [2.75, 3.05) is 6.54 Å². The number of hydrogen-bond donors (Lipinski definition) is 2. The second kappa shape index (κ2) is 10.2. The minimum absolute atomic E-state index is 0. The Hall–Kier alpha value is -0.744. The second-order valence-corrected chi connectivity index (χ2v) is 6.14. The SMILES string of the molecule is Cc1ccc(C(NC[C@H](O)c2ccc(C(F)(F)F)cc2)C(=O)[O-])cc1C.[K+]. The summed E-state index contributed by atoms with van der Waals surface area (Å²) in [7, 11) is 0. The monoisotopic (exact) mass is 405 g/mol. The number of carbonyl (C=O) groups is 1. The van der Waals surface area contributed by atoms with E-state index in [0.29, 0.717) is 5.56 Å². The van der Waals surface area contributed by atoms with E-state index in [0.717, 1.165) is 23.3 Å². The molecule has 2 atom stereocenters. The molecule has 0 spiro atoms. The molecule has 140 valence electrons. The summed E-state index contributed by atoms with van der Waals surface area (Å²) in [5.41, 5.74) is 1.84. The second-order valence-electron chi connectivity index (χ2n) is 6.14. The smallest absolute Gasteiger partial charge is 0.548 e. The summed E-state index contributed by atoms with van der Waals surface area (Å²) in [5, 5.41) is 24.2. The Morgan fingerprint density at radius 2 is 1.63 bits per heavy atom. The summed E-state index contributed by atoms with van der Waals surface area (Å²) in [6.07, 6.45) is -5.61. The number of aliphatic carboxylic acids is 1. The van der Waals surface area contributed by atoms with Crippen LogP contribution >= 0.6 is 0 Å². The first-order chi connectivity index (χ1) is 12.1. The number of carbonyl (C=O) groups excluding carboxylic acids is 1. The molecule has 2 rings (SSSR count). The number of nitrogens with one attached hydrogen (secondary N) is 1. The van der Waals surface area contributed by atoms with Gasteiger partial charge < -0.3 is 20.3 Å². The first-order valence-corrected chi connectivity index (χ1v) is 7.96. The Labute approximate surface area is 198 Å². The molecule has 0 radical (unpaired) electrons. The van der Waals surface area contributed by atoms with Gasteiger partial charge in [0.05, 0.1) is 23.7 Å². The maximum Gasteiger partial charge on any atom is 1.00 e. The number of carboxylic acids is 1. The Morgan fingerprint density at radius 3 is 2.11 bits per heavy atom. The first-order valence-electron chi connectivity index (χ1n) is 7.96. The Balaban J connectivity index is 0.00000364. The molecule has 0 amide bonds. The summed E-state index contributed by atoms with van der Waals surface area (Å²) in [6.45, 7) is 3.59. The number of aryl methyl sites for hydroxylation is 2. The molecule has 8 heteroatoms. The van der Waals surface area contributed by atoms with Gasteiger partial charge in [0, 0.05) is 6.54 Å². The van der Waals surface area contributed by atoms with Gasteiger partial charge in [0.1, 0.15) is 0 Å². The van der Waals surface area contributed by atoms with E-state index in [1.54, 1.807) is 18.2 Å². The Bertz CT molecular complexity index is 779. The van der Waals surface area contributed by atoms with Crippen molar-refractivity contribution in [3.63, 3.8) is 0 Å². The van der Waals surface area contributed by atoms with Crippen molar-refractivity contribution in [3.8, 4) is 0 Å². The number of alkyl halides is 3. The third-order valence-electron chi connectivity index (χ3n) is 4.24. The van der Waals surface area contributed by atoms with Gasteiger partial charge in [-0.2, -0.15) is 13.2 Å². The van der Waals surface area contributed by atoms with Crippen LogP contribution in [-0.2, 0) is 11.0 Å². The van der Waals surface area contributed by atoms with E-state index >= 15 is 0 Å². The Kier molecular flexibility index (Phi) is 9.14. The van der Waals surface area contributed by atoms with E-state index in [4.69, 9.17) is 0 Å². The van der Waals surface area contributed by atoms with Crippen LogP contribution < -0.4 is 61.8 Å². The molecular formula is C19H19F3KNO3. The van der Waals surface area contributed by atoms with Gasteiger partial charge >= 0.3 is 57.6 Å². The number of halogens is 3. The molecule has 27 heavy (non-hydrogen) atoms. The molecule has 2 aromatic rings. The predicted molar refractivity (Wildman–Crippen MR) is 88.1 cm³/mol. The molecule has 0 bridgehead atoms. The molecular weight excluding hydrogens is 386 g/mol. The van der Waals surface area contributed by atoms with Crippen LogP contribution in [0.5, 0.6) is 0 Å². The van der Waals surface area contributed by atoms with Gasteiger partial charge in [0.25, 0.3) is 0 Å². The van der Waals surface area contributed by atoms with E-state index in [-0.39, 0.29) is 63.5 Å². The molecule has 2 N–H and O–H groups in total. The maximum absolute atomic E-state index is 12.6. The molecule has 0 saturated carbocycles. The van der Waals surface area contributed by atoms with Gasteiger partial charge in [0.15, 0.2) is 0 Å². The average molecular weight is 405 g/mol. The van der Waals surface area contributed by atoms with E-state index in [2.05, 4.69) is 5.32 Å². The number of hydrogen-bond acceptors (Lipinski definition) is 4. The molecule has 1 unspecified atom stereocenters. The molecule has 0 aromatic heterocycles. The largest absolute Gasteiger partial charge is 1.00 e. The topological polar surface area (TPSA) is 72.4 Å². The minimum atomic E-state index is -4.45. The van der Waals surface area contributed by atoms with Crippen LogP contribution in [0.25, 0.3) is 0 Å². The Morgan fingerprint density at radius 1 is 1.07 bits per heavy atom. The number of benzene rings is 2.